The Labute approximate surface area is 397 Å². The predicted octanol–water partition coefficient (Wildman–Crippen LogP) is 16.3. The van der Waals surface area contributed by atoms with Crippen molar-refractivity contribution in [3.8, 4) is 34.2 Å². The summed E-state index contributed by atoms with van der Waals surface area (Å²) in [5.74, 6) is 4.29. The minimum absolute atomic E-state index is 0.219. The van der Waals surface area contributed by atoms with E-state index >= 15 is 0 Å². The molecule has 8 aromatic carbocycles. The summed E-state index contributed by atoms with van der Waals surface area (Å²) in [5, 5.41) is 8.95. The molecule has 15 rings (SSSR count). The summed E-state index contributed by atoms with van der Waals surface area (Å²) in [6.07, 6.45) is 5.97. The zero-order chi connectivity index (χ0) is 45.5. The summed E-state index contributed by atoms with van der Waals surface area (Å²) in [4.78, 5) is 16.9. The Balaban J connectivity index is 0.980. The van der Waals surface area contributed by atoms with Gasteiger partial charge in [0.05, 0.1) is 44.2 Å². The highest BCUT2D eigenvalue weighted by atomic mass is 16.3. The molecule has 4 atom stereocenters. The van der Waals surface area contributed by atoms with Crippen molar-refractivity contribution in [1.82, 2.24) is 24.1 Å². The molecule has 5 aromatic heterocycles. The van der Waals surface area contributed by atoms with Gasteiger partial charge in [-0.05, 0) is 123 Å². The Kier molecular flexibility index (Phi) is 8.19. The number of hydrogen-bond donors (Lipinski definition) is 0. The Morgan fingerprint density at radius 1 is 0.435 bits per heavy atom. The van der Waals surface area contributed by atoms with Crippen LogP contribution in [0, 0.1) is 17.8 Å². The van der Waals surface area contributed by atoms with Crippen molar-refractivity contribution in [3.63, 3.8) is 0 Å². The number of rotatable bonds is 5. The van der Waals surface area contributed by atoms with E-state index in [1.165, 1.54) is 19.3 Å². The van der Waals surface area contributed by atoms with Crippen LogP contribution in [-0.2, 0) is 5.41 Å². The van der Waals surface area contributed by atoms with Gasteiger partial charge in [0.1, 0.15) is 28.2 Å². The first-order valence-electron chi connectivity index (χ1n) is 24.6. The Bertz CT molecular complexity index is 3990. The van der Waals surface area contributed by atoms with Gasteiger partial charge >= 0.3 is 0 Å². The molecule has 5 heterocycles. The lowest BCUT2D eigenvalue weighted by Gasteiger charge is -2.46. The highest BCUT2D eigenvalue weighted by molar-refractivity contribution is 6.25. The van der Waals surface area contributed by atoms with E-state index in [1.807, 2.05) is 12.1 Å². The smallest absolute Gasteiger partial charge is 0.165 e. The van der Waals surface area contributed by atoms with Crippen LogP contribution in [0.2, 0.25) is 0 Å². The van der Waals surface area contributed by atoms with Gasteiger partial charge in [0.2, 0.25) is 0 Å². The second-order valence-corrected chi connectivity index (χ2v) is 20.4. The van der Waals surface area contributed by atoms with Gasteiger partial charge in [-0.2, -0.15) is 0 Å². The predicted molar refractivity (Wildman–Crippen MR) is 281 cm³/mol. The van der Waals surface area contributed by atoms with Crippen molar-refractivity contribution < 1.29 is 8.83 Å². The molecule has 2 saturated carbocycles. The van der Waals surface area contributed by atoms with Crippen molar-refractivity contribution in [2.24, 2.45) is 17.8 Å². The summed E-state index contributed by atoms with van der Waals surface area (Å²) >= 11 is 0. The number of fused-ring (bicyclic) bond motifs is 16. The van der Waals surface area contributed by atoms with Crippen LogP contribution in [-0.4, -0.2) is 24.1 Å². The zero-order valence-electron chi connectivity index (χ0n) is 38.5. The van der Waals surface area contributed by atoms with Gasteiger partial charge in [-0.3, -0.25) is 0 Å². The van der Waals surface area contributed by atoms with E-state index in [0.717, 1.165) is 135 Å². The van der Waals surface area contributed by atoms with Gasteiger partial charge in [0, 0.05) is 48.9 Å². The molecule has 3 unspecified atom stereocenters. The monoisotopic (exact) mass is 893 g/mol. The minimum atomic E-state index is -0.219. The summed E-state index contributed by atoms with van der Waals surface area (Å²) in [6, 6.07) is 60.3. The lowest BCUT2D eigenvalue weighted by molar-refractivity contribution is 0.0857. The number of hydrogen-bond acceptors (Lipinski definition) is 5. The normalized spacial score (nSPS) is 19.7. The van der Waals surface area contributed by atoms with Crippen LogP contribution in [0.4, 0.5) is 0 Å². The van der Waals surface area contributed by atoms with Crippen molar-refractivity contribution in [1.29, 1.82) is 0 Å². The fraction of sp³-hybridized carbons (Fsp3) is 0.177. The van der Waals surface area contributed by atoms with Crippen molar-refractivity contribution >= 4 is 87.5 Å². The van der Waals surface area contributed by atoms with Crippen molar-refractivity contribution in [2.75, 3.05) is 0 Å². The maximum absolute atomic E-state index is 6.71. The molecular weight excluding hydrogens is 847 g/mol. The molecule has 7 heteroatoms. The molecule has 2 aliphatic carbocycles. The van der Waals surface area contributed by atoms with Crippen LogP contribution < -0.4 is 0 Å². The van der Waals surface area contributed by atoms with Gasteiger partial charge in [-0.25, -0.2) is 15.0 Å². The highest BCUT2D eigenvalue weighted by Crippen LogP contribution is 2.52. The fourth-order valence-corrected chi connectivity index (χ4v) is 13.4. The van der Waals surface area contributed by atoms with Gasteiger partial charge in [-0.1, -0.05) is 111 Å². The molecule has 0 aliphatic heterocycles. The van der Waals surface area contributed by atoms with Crippen LogP contribution in [0.5, 0.6) is 0 Å². The molecule has 0 spiro atoms. The third-order valence-electron chi connectivity index (χ3n) is 15.9. The first-order chi connectivity index (χ1) is 34.0. The van der Waals surface area contributed by atoms with E-state index in [0.29, 0.717) is 23.5 Å². The molecule has 2 fully saturated rings. The Hall–Kier alpha value is -8.03. The number of benzene rings is 8. The Morgan fingerprint density at radius 2 is 0.870 bits per heavy atom. The average Bonchev–Trinajstić information content (AvgIpc) is 4.13. The standard InChI is InChI=1S/C62H47N5O2/c1-36-31-37-33-38(32-36)35-62(2,34-37)61-64-59(45-19-5-11-23-49(45)66-47-21-9-3-17-43(47)55-51(66)29-27-41-39-15-7-13-25-53(39)68-57(41)55)63-60(65-61)46-20-6-12-24-50(46)67-48-22-10-4-18-44(48)56-52(67)30-28-42-40-16-8-14-26-54(40)69-58(42)56/h3-30,36-38H,31-35H2,1-2H3/t36?,37-,38?,62?/m0/s1. The zero-order valence-corrected chi connectivity index (χ0v) is 38.5. The lowest BCUT2D eigenvalue weighted by atomic mass is 9.59. The molecule has 69 heavy (non-hydrogen) atoms. The number of para-hydroxylation sites is 6. The third kappa shape index (κ3) is 5.70. The van der Waals surface area contributed by atoms with E-state index in [1.54, 1.807) is 0 Å². The van der Waals surface area contributed by atoms with Crippen LogP contribution in [0.1, 0.15) is 51.8 Å². The third-order valence-corrected chi connectivity index (χ3v) is 15.9. The fourth-order valence-electron chi connectivity index (χ4n) is 13.4. The largest absolute Gasteiger partial charge is 0.455 e. The molecule has 2 aliphatic rings. The van der Waals surface area contributed by atoms with Crippen molar-refractivity contribution in [2.45, 2.75) is 51.4 Å². The van der Waals surface area contributed by atoms with E-state index in [2.05, 4.69) is 181 Å². The average molecular weight is 894 g/mol. The second-order valence-electron chi connectivity index (χ2n) is 20.4. The van der Waals surface area contributed by atoms with Crippen LogP contribution in [0.15, 0.2) is 179 Å². The van der Waals surface area contributed by atoms with E-state index in [4.69, 9.17) is 23.8 Å². The highest BCUT2D eigenvalue weighted by Gasteiger charge is 2.44. The van der Waals surface area contributed by atoms with Crippen LogP contribution in [0.25, 0.3) is 122 Å². The van der Waals surface area contributed by atoms with Gasteiger partial charge in [0.25, 0.3) is 0 Å². The number of furan rings is 2. The summed E-state index contributed by atoms with van der Waals surface area (Å²) < 4.78 is 18.2. The van der Waals surface area contributed by atoms with Crippen LogP contribution >= 0.6 is 0 Å². The van der Waals surface area contributed by atoms with Crippen LogP contribution in [0.3, 0.4) is 0 Å². The SMILES string of the molecule is CC1CC2C[C@H](C1)CC(C)(c1nc(-c3ccccc3-n3c4ccccc4c4c5oc6ccccc6c5ccc43)nc(-c3ccccc3-n3c4ccccc4c4c5oc6ccccc6c5ccc43)n1)C2. The number of nitrogens with zero attached hydrogens (tertiary/aromatic N) is 5. The molecule has 7 nitrogen and oxygen atoms in total. The van der Waals surface area contributed by atoms with E-state index in [-0.39, 0.29) is 5.41 Å². The molecule has 0 amide bonds. The minimum Gasteiger partial charge on any atom is -0.455 e. The van der Waals surface area contributed by atoms with Gasteiger partial charge < -0.3 is 18.0 Å². The lowest BCUT2D eigenvalue weighted by Crippen LogP contribution is -2.40. The second kappa shape index (κ2) is 14.5. The topological polar surface area (TPSA) is 74.8 Å². The Morgan fingerprint density at radius 3 is 1.38 bits per heavy atom. The number of aromatic nitrogens is 5. The molecule has 0 radical (unpaired) electrons. The van der Waals surface area contributed by atoms with Gasteiger partial charge in [0.15, 0.2) is 11.6 Å². The maximum Gasteiger partial charge on any atom is 0.165 e. The first-order valence-corrected chi connectivity index (χ1v) is 24.6. The quantitative estimate of drug-likeness (QED) is 0.172. The summed E-state index contributed by atoms with van der Waals surface area (Å²) in [6.45, 7) is 4.87. The van der Waals surface area contributed by atoms with Gasteiger partial charge in [-0.15, -0.1) is 0 Å². The van der Waals surface area contributed by atoms with E-state index < -0.39 is 0 Å². The molecule has 13 aromatic rings. The molecule has 2 bridgehead atoms. The van der Waals surface area contributed by atoms with E-state index in [9.17, 15) is 0 Å². The molecular formula is C62H47N5O2. The molecule has 0 saturated heterocycles. The molecule has 332 valence electrons. The van der Waals surface area contributed by atoms with Crippen molar-refractivity contribution in [3.05, 3.63) is 176 Å². The molecule has 0 N–H and O–H groups in total. The summed E-state index contributed by atoms with van der Waals surface area (Å²) in [7, 11) is 0. The summed E-state index contributed by atoms with van der Waals surface area (Å²) in [5.41, 5.74) is 11.6. The first kappa shape index (κ1) is 39.0. The maximum atomic E-state index is 6.71.